The lowest BCUT2D eigenvalue weighted by Gasteiger charge is -2.45. The number of imide groups is 1. The molecule has 2 heterocycles. The number of rotatable bonds is 4. The van der Waals surface area contributed by atoms with Gasteiger partial charge in [-0.1, -0.05) is 72.8 Å². The van der Waals surface area contributed by atoms with Crippen LogP contribution in [0.4, 0.5) is 11.4 Å². The van der Waals surface area contributed by atoms with Crippen molar-refractivity contribution in [2.24, 2.45) is 17.8 Å². The smallest absolute Gasteiger partial charge is 0.316 e. The first-order chi connectivity index (χ1) is 20.9. The molecule has 4 aromatic rings. The number of hydrogen-bond donors (Lipinski definition) is 0. The van der Waals surface area contributed by atoms with Crippen molar-refractivity contribution in [2.75, 3.05) is 16.3 Å². The minimum Gasteiger partial charge on any atom is -0.426 e. The molecule has 0 N–H and O–H groups in total. The van der Waals surface area contributed by atoms with Gasteiger partial charge in [0.15, 0.2) is 0 Å². The monoisotopic (exact) mass is 568 g/mol. The van der Waals surface area contributed by atoms with E-state index in [2.05, 4.69) is 24.3 Å². The molecule has 3 amide bonds. The minimum atomic E-state index is -0.624. The van der Waals surface area contributed by atoms with Crippen molar-refractivity contribution < 1.29 is 23.9 Å². The predicted molar refractivity (Wildman–Crippen MR) is 160 cm³/mol. The third-order valence-corrected chi connectivity index (χ3v) is 9.61. The molecule has 9 rings (SSSR count). The van der Waals surface area contributed by atoms with Gasteiger partial charge in [0, 0.05) is 36.6 Å². The maximum absolute atomic E-state index is 14.1. The minimum absolute atomic E-state index is 0.0587. The average molecular weight is 569 g/mol. The average Bonchev–Trinajstić information content (AvgIpc) is 3.54. The standard InChI is InChI=1S/C36H28N2O5/c1-20-9-2-7-16-28(20)37-19-21(17-29(37)39)36(42)43-23-11-8-10-22(18-23)38-34(40)32-30-24-12-3-4-13-25(24)31(33(32)35(38)41)27-15-6-5-14-26(27)30/h2-16,18,21,30-33H,17,19H2,1H3/t21-,30?,31?,32-,33+/m1/s1. The summed E-state index contributed by atoms with van der Waals surface area (Å²) in [5, 5.41) is 0. The second-order valence-corrected chi connectivity index (χ2v) is 11.9. The molecule has 7 nitrogen and oxygen atoms in total. The Morgan fingerprint density at radius 1 is 0.721 bits per heavy atom. The van der Waals surface area contributed by atoms with Crippen molar-refractivity contribution in [2.45, 2.75) is 25.2 Å². The first-order valence-electron chi connectivity index (χ1n) is 14.7. The Morgan fingerprint density at radius 3 is 1.86 bits per heavy atom. The summed E-state index contributed by atoms with van der Waals surface area (Å²) in [6.45, 7) is 2.16. The maximum atomic E-state index is 14.1. The fourth-order valence-electron chi connectivity index (χ4n) is 7.78. The molecule has 7 heteroatoms. The Hall–Kier alpha value is -5.04. The van der Waals surface area contributed by atoms with Gasteiger partial charge in [-0.2, -0.15) is 0 Å². The van der Waals surface area contributed by atoms with Crippen LogP contribution in [0.15, 0.2) is 97.1 Å². The van der Waals surface area contributed by atoms with Gasteiger partial charge in [-0.15, -0.1) is 0 Å². The molecule has 0 spiro atoms. The molecule has 0 saturated carbocycles. The predicted octanol–water partition coefficient (Wildman–Crippen LogP) is 5.35. The lowest BCUT2D eigenvalue weighted by Crippen LogP contribution is -2.41. The molecule has 5 aliphatic rings. The molecule has 2 aliphatic heterocycles. The summed E-state index contributed by atoms with van der Waals surface area (Å²) in [6, 6.07) is 30.4. The highest BCUT2D eigenvalue weighted by Gasteiger charge is 2.61. The van der Waals surface area contributed by atoms with Gasteiger partial charge in [-0.3, -0.25) is 19.2 Å². The van der Waals surface area contributed by atoms with Gasteiger partial charge in [0.2, 0.25) is 17.7 Å². The van der Waals surface area contributed by atoms with E-state index in [-0.39, 0.29) is 48.3 Å². The van der Waals surface area contributed by atoms with Crippen LogP contribution in [0, 0.1) is 24.7 Å². The largest absolute Gasteiger partial charge is 0.426 e. The maximum Gasteiger partial charge on any atom is 0.316 e. The second-order valence-electron chi connectivity index (χ2n) is 11.9. The van der Waals surface area contributed by atoms with E-state index in [9.17, 15) is 19.2 Å². The number of para-hydroxylation sites is 1. The molecule has 0 aromatic heterocycles. The number of aryl methyl sites for hydroxylation is 1. The van der Waals surface area contributed by atoms with E-state index < -0.39 is 23.7 Å². The van der Waals surface area contributed by atoms with Crippen molar-refractivity contribution in [1.29, 1.82) is 0 Å². The Balaban J connectivity index is 1.06. The third kappa shape index (κ3) is 3.74. The summed E-state index contributed by atoms with van der Waals surface area (Å²) in [4.78, 5) is 57.1. The highest BCUT2D eigenvalue weighted by atomic mass is 16.5. The molecule has 0 radical (unpaired) electrons. The number of carbonyl (C=O) groups is 4. The molecule has 212 valence electrons. The van der Waals surface area contributed by atoms with Gasteiger partial charge in [-0.25, -0.2) is 4.90 Å². The van der Waals surface area contributed by atoms with Crippen LogP contribution in [0.25, 0.3) is 0 Å². The van der Waals surface area contributed by atoms with E-state index in [4.69, 9.17) is 4.74 Å². The normalized spacial score (nSPS) is 25.0. The van der Waals surface area contributed by atoms with E-state index in [1.54, 1.807) is 29.2 Å². The van der Waals surface area contributed by atoms with Crippen molar-refractivity contribution in [3.05, 3.63) is 125 Å². The molecule has 2 fully saturated rings. The molecule has 3 aliphatic carbocycles. The van der Waals surface area contributed by atoms with Crippen LogP contribution in [0.3, 0.4) is 0 Å². The first kappa shape index (κ1) is 25.7. The van der Waals surface area contributed by atoms with Gasteiger partial charge in [0.1, 0.15) is 5.75 Å². The number of nitrogens with zero attached hydrogens (tertiary/aromatic N) is 2. The molecule has 4 aromatic carbocycles. The van der Waals surface area contributed by atoms with Gasteiger partial charge in [0.25, 0.3) is 0 Å². The fourth-order valence-corrected chi connectivity index (χ4v) is 7.78. The highest BCUT2D eigenvalue weighted by molar-refractivity contribution is 6.23. The van der Waals surface area contributed by atoms with Crippen LogP contribution in [-0.2, 0) is 19.2 Å². The number of carbonyl (C=O) groups excluding carboxylic acids is 4. The number of hydrogen-bond acceptors (Lipinski definition) is 5. The van der Waals surface area contributed by atoms with Gasteiger partial charge < -0.3 is 9.64 Å². The molecule has 0 unspecified atom stereocenters. The molecular formula is C36H28N2O5. The Labute approximate surface area is 248 Å². The van der Waals surface area contributed by atoms with Gasteiger partial charge in [0.05, 0.1) is 23.4 Å². The topological polar surface area (TPSA) is 84.0 Å². The highest BCUT2D eigenvalue weighted by Crippen LogP contribution is 2.61. The van der Waals surface area contributed by atoms with Crippen LogP contribution in [0.5, 0.6) is 5.75 Å². The number of benzene rings is 4. The summed E-state index contributed by atoms with van der Waals surface area (Å²) >= 11 is 0. The summed E-state index contributed by atoms with van der Waals surface area (Å²) in [5.41, 5.74) is 6.58. The lowest BCUT2D eigenvalue weighted by molar-refractivity contribution is -0.139. The van der Waals surface area contributed by atoms with E-state index in [0.717, 1.165) is 33.5 Å². The summed E-state index contributed by atoms with van der Waals surface area (Å²) in [5.74, 6) is -2.87. The number of ether oxygens (including phenoxy) is 1. The van der Waals surface area contributed by atoms with Crippen molar-refractivity contribution in [3.63, 3.8) is 0 Å². The molecule has 3 atom stereocenters. The van der Waals surface area contributed by atoms with Crippen LogP contribution in [-0.4, -0.2) is 30.2 Å². The first-order valence-corrected chi connectivity index (χ1v) is 14.7. The zero-order valence-electron chi connectivity index (χ0n) is 23.5. The molecular weight excluding hydrogens is 540 g/mol. The van der Waals surface area contributed by atoms with E-state index in [0.29, 0.717) is 5.69 Å². The van der Waals surface area contributed by atoms with Gasteiger partial charge >= 0.3 is 5.97 Å². The van der Waals surface area contributed by atoms with Crippen molar-refractivity contribution in [3.8, 4) is 5.75 Å². The van der Waals surface area contributed by atoms with E-state index in [1.807, 2.05) is 55.5 Å². The number of anilines is 2. The fraction of sp³-hybridized carbons (Fsp3) is 0.222. The van der Waals surface area contributed by atoms with Gasteiger partial charge in [-0.05, 0) is 52.9 Å². The third-order valence-electron chi connectivity index (χ3n) is 9.61. The summed E-state index contributed by atoms with van der Waals surface area (Å²) in [6.07, 6.45) is 0.0587. The zero-order valence-corrected chi connectivity index (χ0v) is 23.5. The van der Waals surface area contributed by atoms with E-state index >= 15 is 0 Å². The van der Waals surface area contributed by atoms with Crippen LogP contribution in [0.1, 0.15) is 46.1 Å². The molecule has 43 heavy (non-hydrogen) atoms. The van der Waals surface area contributed by atoms with Crippen LogP contribution in [0.2, 0.25) is 0 Å². The number of amides is 3. The zero-order chi connectivity index (χ0) is 29.4. The number of esters is 1. The van der Waals surface area contributed by atoms with Crippen molar-refractivity contribution >= 4 is 35.1 Å². The Morgan fingerprint density at radius 2 is 1.28 bits per heavy atom. The summed E-state index contributed by atoms with van der Waals surface area (Å²) in [7, 11) is 0. The second kappa shape index (κ2) is 9.49. The molecule has 2 saturated heterocycles. The van der Waals surface area contributed by atoms with Crippen LogP contribution >= 0.6 is 0 Å². The Bertz CT molecular complexity index is 1750. The summed E-state index contributed by atoms with van der Waals surface area (Å²) < 4.78 is 5.74. The van der Waals surface area contributed by atoms with E-state index in [1.165, 1.54) is 4.90 Å². The molecule has 2 bridgehead atoms. The van der Waals surface area contributed by atoms with Crippen LogP contribution < -0.4 is 14.5 Å². The van der Waals surface area contributed by atoms with Crippen molar-refractivity contribution in [1.82, 2.24) is 0 Å². The SMILES string of the molecule is Cc1ccccc1N1C[C@H](C(=O)Oc2cccc(N3C(=O)[C@@H]4C5c6ccccc6C(c6ccccc65)[C@@H]4C3=O)c2)CC1=O. The Kier molecular flexibility index (Phi) is 5.66. The lowest BCUT2D eigenvalue weighted by atomic mass is 9.55. The quantitative estimate of drug-likeness (QED) is 0.188.